The zero-order valence-electron chi connectivity index (χ0n) is 9.84. The maximum absolute atomic E-state index is 12.1. The van der Waals surface area contributed by atoms with Gasteiger partial charge in [0, 0.05) is 18.5 Å². The van der Waals surface area contributed by atoms with Crippen molar-refractivity contribution in [2.75, 3.05) is 20.1 Å². The molecule has 1 aromatic heterocycles. The molecule has 17 heavy (non-hydrogen) atoms. The topological polar surface area (TPSA) is 28.2 Å². The Bertz CT molecular complexity index is 338. The molecule has 0 spiro atoms. The Morgan fingerprint density at radius 1 is 1.47 bits per heavy atom. The van der Waals surface area contributed by atoms with Gasteiger partial charge in [-0.1, -0.05) is 6.92 Å². The van der Waals surface area contributed by atoms with E-state index in [1.807, 2.05) is 6.92 Å². The Kier molecular flexibility index (Phi) is 5.35. The van der Waals surface area contributed by atoms with Gasteiger partial charge >= 0.3 is 6.18 Å². The first-order valence-electron chi connectivity index (χ1n) is 5.30. The third kappa shape index (κ3) is 5.99. The van der Waals surface area contributed by atoms with Crippen molar-refractivity contribution in [1.29, 1.82) is 0 Å². The molecule has 0 amide bonds. The molecule has 98 valence electrons. The number of rotatable bonds is 6. The van der Waals surface area contributed by atoms with Crippen LogP contribution >= 0.6 is 11.3 Å². The van der Waals surface area contributed by atoms with Gasteiger partial charge in [-0.15, -0.1) is 11.3 Å². The SMILES string of the molecule is CCNCc1nc(CN(C)CC(F)(F)F)cs1. The van der Waals surface area contributed by atoms with E-state index in [-0.39, 0.29) is 6.54 Å². The van der Waals surface area contributed by atoms with Gasteiger partial charge < -0.3 is 5.32 Å². The standard InChI is InChI=1S/C10H16F3N3S/c1-3-14-4-9-15-8(6-17-9)5-16(2)7-10(11,12)13/h6,14H,3-5,7H2,1-2H3. The van der Waals surface area contributed by atoms with E-state index in [9.17, 15) is 13.2 Å². The minimum atomic E-state index is -4.16. The van der Waals surface area contributed by atoms with Crippen molar-refractivity contribution in [2.45, 2.75) is 26.2 Å². The molecule has 0 radical (unpaired) electrons. The fourth-order valence-corrected chi connectivity index (χ4v) is 2.13. The second kappa shape index (κ2) is 6.32. The first-order chi connectivity index (χ1) is 7.90. The number of halogens is 3. The molecule has 0 fully saturated rings. The van der Waals surface area contributed by atoms with Crippen LogP contribution < -0.4 is 5.32 Å². The lowest BCUT2D eigenvalue weighted by Gasteiger charge is -2.16. The predicted octanol–water partition coefficient (Wildman–Crippen LogP) is 2.25. The number of thiazole rings is 1. The van der Waals surface area contributed by atoms with Crippen LogP contribution in [0.15, 0.2) is 5.38 Å². The van der Waals surface area contributed by atoms with Gasteiger partial charge in [0.15, 0.2) is 0 Å². The lowest BCUT2D eigenvalue weighted by molar-refractivity contribution is -0.144. The zero-order valence-corrected chi connectivity index (χ0v) is 10.7. The van der Waals surface area contributed by atoms with Gasteiger partial charge in [0.05, 0.1) is 12.2 Å². The van der Waals surface area contributed by atoms with Crippen LogP contribution in [0.4, 0.5) is 13.2 Å². The van der Waals surface area contributed by atoms with Crippen molar-refractivity contribution in [3.05, 3.63) is 16.1 Å². The minimum Gasteiger partial charge on any atom is -0.311 e. The van der Waals surface area contributed by atoms with E-state index in [0.29, 0.717) is 12.2 Å². The number of hydrogen-bond donors (Lipinski definition) is 1. The molecule has 1 rings (SSSR count). The molecule has 1 heterocycles. The van der Waals surface area contributed by atoms with E-state index in [4.69, 9.17) is 0 Å². The molecule has 0 aromatic carbocycles. The fourth-order valence-electron chi connectivity index (χ4n) is 1.37. The van der Waals surface area contributed by atoms with Gasteiger partial charge in [0.1, 0.15) is 5.01 Å². The smallest absolute Gasteiger partial charge is 0.311 e. The first-order valence-corrected chi connectivity index (χ1v) is 6.18. The average molecular weight is 267 g/mol. The summed E-state index contributed by atoms with van der Waals surface area (Å²) in [4.78, 5) is 5.48. The summed E-state index contributed by atoms with van der Waals surface area (Å²) in [5, 5.41) is 5.83. The van der Waals surface area contributed by atoms with Gasteiger partial charge in [0.25, 0.3) is 0 Å². The Morgan fingerprint density at radius 2 is 2.18 bits per heavy atom. The highest BCUT2D eigenvalue weighted by atomic mass is 32.1. The van der Waals surface area contributed by atoms with Crippen molar-refractivity contribution in [3.63, 3.8) is 0 Å². The van der Waals surface area contributed by atoms with E-state index < -0.39 is 12.7 Å². The van der Waals surface area contributed by atoms with Crippen molar-refractivity contribution < 1.29 is 13.2 Å². The maximum Gasteiger partial charge on any atom is 0.401 e. The molecule has 1 aromatic rings. The van der Waals surface area contributed by atoms with E-state index in [1.165, 1.54) is 23.3 Å². The second-order valence-electron chi connectivity index (χ2n) is 3.80. The highest BCUT2D eigenvalue weighted by molar-refractivity contribution is 7.09. The molecule has 0 saturated carbocycles. The van der Waals surface area contributed by atoms with Crippen LogP contribution in [-0.2, 0) is 13.1 Å². The molecule has 0 atom stereocenters. The van der Waals surface area contributed by atoms with Crippen molar-refractivity contribution in [3.8, 4) is 0 Å². The van der Waals surface area contributed by atoms with Crippen molar-refractivity contribution in [1.82, 2.24) is 15.2 Å². The maximum atomic E-state index is 12.1. The molecular weight excluding hydrogens is 251 g/mol. The molecule has 7 heteroatoms. The fraction of sp³-hybridized carbons (Fsp3) is 0.700. The highest BCUT2D eigenvalue weighted by Gasteiger charge is 2.29. The average Bonchev–Trinajstić information content (AvgIpc) is 2.59. The predicted molar refractivity (Wildman–Crippen MR) is 61.9 cm³/mol. The minimum absolute atomic E-state index is 0.224. The number of hydrogen-bond acceptors (Lipinski definition) is 4. The number of nitrogens with zero attached hydrogens (tertiary/aromatic N) is 2. The van der Waals surface area contributed by atoms with E-state index in [1.54, 1.807) is 5.38 Å². The first kappa shape index (κ1) is 14.4. The van der Waals surface area contributed by atoms with Crippen molar-refractivity contribution in [2.24, 2.45) is 0 Å². The van der Waals surface area contributed by atoms with Crippen LogP contribution in [0.3, 0.4) is 0 Å². The van der Waals surface area contributed by atoms with E-state index >= 15 is 0 Å². The molecule has 0 bridgehead atoms. The van der Waals surface area contributed by atoms with Gasteiger partial charge in [-0.05, 0) is 13.6 Å². The summed E-state index contributed by atoms with van der Waals surface area (Å²) < 4.78 is 36.3. The summed E-state index contributed by atoms with van der Waals surface area (Å²) in [5.74, 6) is 0. The van der Waals surface area contributed by atoms with E-state index in [0.717, 1.165) is 11.6 Å². The van der Waals surface area contributed by atoms with Crippen molar-refractivity contribution >= 4 is 11.3 Å². The van der Waals surface area contributed by atoms with Gasteiger partial charge in [-0.25, -0.2) is 4.98 Å². The van der Waals surface area contributed by atoms with Gasteiger partial charge in [-0.2, -0.15) is 13.2 Å². The lowest BCUT2D eigenvalue weighted by atomic mass is 10.4. The molecule has 0 aliphatic rings. The molecular formula is C10H16F3N3S. The molecule has 3 nitrogen and oxygen atoms in total. The van der Waals surface area contributed by atoms with Crippen LogP contribution in [0.5, 0.6) is 0 Å². The number of nitrogens with one attached hydrogen (secondary N) is 1. The summed E-state index contributed by atoms with van der Waals surface area (Å²) in [6.07, 6.45) is -4.16. The third-order valence-corrected chi connectivity index (χ3v) is 2.90. The second-order valence-corrected chi connectivity index (χ2v) is 4.74. The van der Waals surface area contributed by atoms with Crippen LogP contribution in [-0.4, -0.2) is 36.2 Å². The van der Waals surface area contributed by atoms with Crippen LogP contribution in [0.2, 0.25) is 0 Å². The normalized spacial score (nSPS) is 12.4. The summed E-state index contributed by atoms with van der Waals surface area (Å²) in [6.45, 7) is 2.83. The lowest BCUT2D eigenvalue weighted by Crippen LogP contribution is -2.30. The van der Waals surface area contributed by atoms with Crippen LogP contribution in [0, 0.1) is 0 Å². The van der Waals surface area contributed by atoms with E-state index in [2.05, 4.69) is 10.3 Å². The summed E-state index contributed by atoms with van der Waals surface area (Å²) in [5.41, 5.74) is 0.689. The third-order valence-electron chi connectivity index (χ3n) is 2.01. The molecule has 0 unspecified atom stereocenters. The van der Waals surface area contributed by atoms with Crippen LogP contribution in [0.25, 0.3) is 0 Å². The molecule has 0 aliphatic carbocycles. The summed E-state index contributed by atoms with van der Waals surface area (Å²) in [6, 6.07) is 0. The molecule has 0 aliphatic heterocycles. The molecule has 1 N–H and O–H groups in total. The Hall–Kier alpha value is -0.660. The van der Waals surface area contributed by atoms with Crippen LogP contribution in [0.1, 0.15) is 17.6 Å². The Labute approximate surface area is 103 Å². The summed E-state index contributed by atoms with van der Waals surface area (Å²) in [7, 11) is 1.44. The summed E-state index contributed by atoms with van der Waals surface area (Å²) >= 11 is 1.47. The zero-order chi connectivity index (χ0) is 12.9. The largest absolute Gasteiger partial charge is 0.401 e. The Morgan fingerprint density at radius 3 is 2.76 bits per heavy atom. The van der Waals surface area contributed by atoms with Gasteiger partial charge in [-0.3, -0.25) is 4.90 Å². The number of aromatic nitrogens is 1. The number of alkyl halides is 3. The van der Waals surface area contributed by atoms with Gasteiger partial charge in [0.2, 0.25) is 0 Å². The monoisotopic (exact) mass is 267 g/mol. The molecule has 0 saturated heterocycles. The Balaban J connectivity index is 2.43. The quantitative estimate of drug-likeness (QED) is 0.857. The highest BCUT2D eigenvalue weighted by Crippen LogP contribution is 2.17.